The highest BCUT2D eigenvalue weighted by Crippen LogP contribution is 1.83. The molecule has 0 saturated heterocycles. The molecule has 0 aromatic heterocycles. The van der Waals surface area contributed by atoms with Crippen LogP contribution in [0.3, 0.4) is 0 Å². The van der Waals surface area contributed by atoms with Gasteiger partial charge in [-0.2, -0.15) is 0 Å². The number of ether oxygens (including phenoxy) is 1. The van der Waals surface area contributed by atoms with Gasteiger partial charge in [-0.3, -0.25) is 0 Å². The Morgan fingerprint density at radius 3 is 2.58 bits per heavy atom. The van der Waals surface area contributed by atoms with Crippen LogP contribution in [0, 0.1) is 0 Å². The molecule has 0 heterocycles. The number of methoxy groups -OCH3 is 1. The van der Waals surface area contributed by atoms with Crippen LogP contribution in [0.4, 0.5) is 4.79 Å². The van der Waals surface area contributed by atoms with Gasteiger partial charge < -0.3 is 20.5 Å². The second kappa shape index (κ2) is 5.36. The second-order valence-electron chi connectivity index (χ2n) is 2.00. The lowest BCUT2D eigenvalue weighted by Gasteiger charge is -2.08. The molecule has 1 atom stereocenters. The van der Waals surface area contributed by atoms with Crippen LogP contribution in [0.15, 0.2) is 0 Å². The number of esters is 1. The van der Waals surface area contributed by atoms with Crippen molar-refractivity contribution < 1.29 is 19.4 Å². The minimum absolute atomic E-state index is 0.160. The number of aliphatic hydroxyl groups excluding tert-OH is 1. The van der Waals surface area contributed by atoms with Crippen LogP contribution in [-0.2, 0) is 9.53 Å². The van der Waals surface area contributed by atoms with E-state index in [0.29, 0.717) is 0 Å². The van der Waals surface area contributed by atoms with E-state index in [1.807, 2.05) is 0 Å². The van der Waals surface area contributed by atoms with Crippen LogP contribution >= 0.6 is 0 Å². The molecule has 12 heavy (non-hydrogen) atoms. The number of carbonyl (C=O) groups is 2. The van der Waals surface area contributed by atoms with Crippen molar-refractivity contribution in [1.29, 1.82) is 0 Å². The fraction of sp³-hybridized carbons (Fsp3) is 0.667. The van der Waals surface area contributed by atoms with Gasteiger partial charge in [-0.15, -0.1) is 0 Å². The lowest BCUT2D eigenvalue weighted by Crippen LogP contribution is -2.41. The number of hydrogen-bond acceptors (Lipinski definition) is 4. The van der Waals surface area contributed by atoms with E-state index < -0.39 is 18.1 Å². The zero-order valence-electron chi connectivity index (χ0n) is 6.96. The van der Waals surface area contributed by atoms with Crippen LogP contribution < -0.4 is 10.6 Å². The van der Waals surface area contributed by atoms with Crippen LogP contribution in [0.2, 0.25) is 0 Å². The molecule has 0 radical (unpaired) electrons. The molecule has 1 unspecified atom stereocenters. The van der Waals surface area contributed by atoms with E-state index in [4.69, 9.17) is 5.11 Å². The van der Waals surface area contributed by atoms with E-state index in [1.165, 1.54) is 7.05 Å². The van der Waals surface area contributed by atoms with E-state index >= 15 is 0 Å². The molecule has 0 spiro atoms. The third-order valence-electron chi connectivity index (χ3n) is 1.16. The zero-order chi connectivity index (χ0) is 9.56. The number of amides is 2. The lowest BCUT2D eigenvalue weighted by molar-refractivity contribution is -0.149. The Kier molecular flexibility index (Phi) is 4.78. The SMILES string of the molecule is CNC(=O)NCC(O)C(=O)OC. The van der Waals surface area contributed by atoms with Gasteiger partial charge in [0.1, 0.15) is 0 Å². The van der Waals surface area contributed by atoms with E-state index in [-0.39, 0.29) is 6.54 Å². The zero-order valence-corrected chi connectivity index (χ0v) is 6.96. The van der Waals surface area contributed by atoms with Gasteiger partial charge in [-0.05, 0) is 0 Å². The molecule has 0 fully saturated rings. The van der Waals surface area contributed by atoms with E-state index in [2.05, 4.69) is 15.4 Å². The molecule has 0 saturated carbocycles. The van der Waals surface area contributed by atoms with Crippen LogP contribution in [0.5, 0.6) is 0 Å². The Hall–Kier alpha value is -1.30. The summed E-state index contributed by atoms with van der Waals surface area (Å²) < 4.78 is 4.22. The van der Waals surface area contributed by atoms with Crippen LogP contribution in [-0.4, -0.2) is 43.9 Å². The predicted octanol–water partition coefficient (Wildman–Crippen LogP) is -1.55. The highest BCUT2D eigenvalue weighted by Gasteiger charge is 2.15. The Balaban J connectivity index is 3.63. The first kappa shape index (κ1) is 10.7. The van der Waals surface area contributed by atoms with Crippen LogP contribution in [0.1, 0.15) is 0 Å². The molecule has 0 aromatic carbocycles. The molecular weight excluding hydrogens is 164 g/mol. The first-order chi connectivity index (χ1) is 5.61. The molecule has 0 aliphatic carbocycles. The number of hydrogen-bond donors (Lipinski definition) is 3. The van der Waals surface area contributed by atoms with Gasteiger partial charge in [0, 0.05) is 7.05 Å². The highest BCUT2D eigenvalue weighted by molar-refractivity contribution is 5.77. The molecule has 0 rings (SSSR count). The van der Waals surface area contributed by atoms with E-state index in [9.17, 15) is 9.59 Å². The topological polar surface area (TPSA) is 87.7 Å². The third-order valence-corrected chi connectivity index (χ3v) is 1.16. The van der Waals surface area contributed by atoms with Crippen molar-refractivity contribution in [3.05, 3.63) is 0 Å². The maximum atomic E-state index is 10.6. The predicted molar refractivity (Wildman–Crippen MR) is 40.5 cm³/mol. The maximum Gasteiger partial charge on any atom is 0.336 e. The van der Waals surface area contributed by atoms with Crippen molar-refractivity contribution in [2.75, 3.05) is 20.7 Å². The molecule has 0 bridgehead atoms. The normalized spacial score (nSPS) is 11.6. The molecule has 6 nitrogen and oxygen atoms in total. The van der Waals surface area contributed by atoms with Crippen molar-refractivity contribution in [2.45, 2.75) is 6.10 Å². The fourth-order valence-electron chi connectivity index (χ4n) is 0.497. The monoisotopic (exact) mass is 176 g/mol. The van der Waals surface area contributed by atoms with Gasteiger partial charge in [0.25, 0.3) is 0 Å². The summed E-state index contributed by atoms with van der Waals surface area (Å²) in [7, 11) is 2.59. The number of nitrogens with one attached hydrogen (secondary N) is 2. The average molecular weight is 176 g/mol. The summed E-state index contributed by atoms with van der Waals surface area (Å²) in [4.78, 5) is 21.1. The minimum atomic E-state index is -1.31. The largest absolute Gasteiger partial charge is 0.467 e. The molecule has 3 N–H and O–H groups in total. The van der Waals surface area contributed by atoms with E-state index in [0.717, 1.165) is 7.11 Å². The quantitative estimate of drug-likeness (QED) is 0.454. The average Bonchev–Trinajstić information content (AvgIpc) is 2.11. The summed E-state index contributed by atoms with van der Waals surface area (Å²) in [5, 5.41) is 13.5. The molecule has 6 heteroatoms. The minimum Gasteiger partial charge on any atom is -0.467 e. The second-order valence-corrected chi connectivity index (χ2v) is 2.00. The third kappa shape index (κ3) is 3.77. The molecule has 0 aromatic rings. The molecule has 0 aliphatic heterocycles. The first-order valence-corrected chi connectivity index (χ1v) is 3.33. The molecule has 2 amide bonds. The van der Waals surface area contributed by atoms with Crippen molar-refractivity contribution in [2.24, 2.45) is 0 Å². The lowest BCUT2D eigenvalue weighted by atomic mass is 10.3. The number of urea groups is 1. The standard InChI is InChI=1S/C6H12N2O4/c1-7-6(11)8-3-4(9)5(10)12-2/h4,9H,3H2,1-2H3,(H2,7,8,11). The summed E-state index contributed by atoms with van der Waals surface area (Å²) in [6.45, 7) is -0.160. The number of rotatable bonds is 3. The molecular formula is C6H12N2O4. The summed E-state index contributed by atoms with van der Waals surface area (Å²) in [6, 6.07) is -0.460. The fourth-order valence-corrected chi connectivity index (χ4v) is 0.497. The van der Waals surface area contributed by atoms with E-state index in [1.54, 1.807) is 0 Å². The summed E-state index contributed by atoms with van der Waals surface area (Å²) in [5.74, 6) is -0.772. The molecule has 0 aliphatic rings. The summed E-state index contributed by atoms with van der Waals surface area (Å²) in [5.41, 5.74) is 0. The highest BCUT2D eigenvalue weighted by atomic mass is 16.5. The summed E-state index contributed by atoms with van der Waals surface area (Å²) >= 11 is 0. The van der Waals surface area contributed by atoms with Gasteiger partial charge in [-0.1, -0.05) is 0 Å². The smallest absolute Gasteiger partial charge is 0.336 e. The van der Waals surface area contributed by atoms with Crippen molar-refractivity contribution in [3.8, 4) is 0 Å². The van der Waals surface area contributed by atoms with Crippen molar-refractivity contribution in [3.63, 3.8) is 0 Å². The Labute approximate surface area is 69.9 Å². The van der Waals surface area contributed by atoms with Crippen LogP contribution in [0.25, 0.3) is 0 Å². The Morgan fingerprint density at radius 2 is 2.17 bits per heavy atom. The number of aliphatic hydroxyl groups is 1. The van der Waals surface area contributed by atoms with Crippen molar-refractivity contribution in [1.82, 2.24) is 10.6 Å². The van der Waals surface area contributed by atoms with Gasteiger partial charge >= 0.3 is 12.0 Å². The van der Waals surface area contributed by atoms with Gasteiger partial charge in [0.05, 0.1) is 13.7 Å². The van der Waals surface area contributed by atoms with Gasteiger partial charge in [0.15, 0.2) is 6.10 Å². The Morgan fingerprint density at radius 1 is 1.58 bits per heavy atom. The van der Waals surface area contributed by atoms with Gasteiger partial charge in [-0.25, -0.2) is 9.59 Å². The number of carbonyl (C=O) groups excluding carboxylic acids is 2. The first-order valence-electron chi connectivity index (χ1n) is 3.33. The maximum absolute atomic E-state index is 10.6. The Bertz CT molecular complexity index is 171. The van der Waals surface area contributed by atoms with Crippen molar-refractivity contribution >= 4 is 12.0 Å². The molecule has 70 valence electrons. The summed E-state index contributed by atoms with van der Waals surface area (Å²) in [6.07, 6.45) is -1.31. The van der Waals surface area contributed by atoms with Gasteiger partial charge in [0.2, 0.25) is 0 Å².